The van der Waals surface area contributed by atoms with E-state index in [-0.39, 0.29) is 23.4 Å². The first-order chi connectivity index (χ1) is 17.7. The number of anilines is 2. The number of hydrogen-bond acceptors (Lipinski definition) is 8. The van der Waals surface area contributed by atoms with Gasteiger partial charge in [-0.15, -0.1) is 0 Å². The molecular weight excluding hydrogens is 482 g/mol. The third-order valence-corrected chi connectivity index (χ3v) is 6.37. The predicted octanol–water partition coefficient (Wildman–Crippen LogP) is 5.39. The maximum Gasteiger partial charge on any atom is 0.296 e. The topological polar surface area (TPSA) is 101 Å². The van der Waals surface area contributed by atoms with Gasteiger partial charge in [-0.25, -0.2) is 9.97 Å². The number of ether oxygens (including phenoxy) is 4. The van der Waals surface area contributed by atoms with Gasteiger partial charge in [0.15, 0.2) is 11.5 Å². The molecule has 1 aliphatic heterocycles. The monoisotopic (exact) mass is 516 g/mol. The van der Waals surface area contributed by atoms with Gasteiger partial charge in [-0.05, 0) is 62.9 Å². The van der Waals surface area contributed by atoms with Crippen molar-refractivity contribution >= 4 is 22.4 Å². The van der Waals surface area contributed by atoms with E-state index in [4.69, 9.17) is 24.7 Å². The summed E-state index contributed by atoms with van der Waals surface area (Å²) in [5.41, 5.74) is 7.28. The van der Waals surface area contributed by atoms with Gasteiger partial charge in [0.25, 0.3) is 5.92 Å². The largest absolute Gasteiger partial charge is 0.493 e. The molecule has 0 spiro atoms. The van der Waals surface area contributed by atoms with E-state index in [1.165, 1.54) is 19.2 Å². The molecule has 0 radical (unpaired) electrons. The molecule has 1 saturated heterocycles. The Bertz CT molecular complexity index is 1230. The zero-order valence-electron chi connectivity index (χ0n) is 21.6. The SMILES string of the molecule is COCC(F)(F)c1cc(N)cc([C@@H](C)Nc2nc(C)nc3cc(OC)c(OCC4CCCCO4)cc23)c1. The minimum Gasteiger partial charge on any atom is -0.493 e. The lowest BCUT2D eigenvalue weighted by atomic mass is 10.00. The highest BCUT2D eigenvalue weighted by Crippen LogP contribution is 2.37. The van der Waals surface area contributed by atoms with E-state index in [1.54, 1.807) is 26.2 Å². The summed E-state index contributed by atoms with van der Waals surface area (Å²) in [4.78, 5) is 9.15. The van der Waals surface area contributed by atoms with Gasteiger partial charge in [0, 0.05) is 36.4 Å². The molecule has 4 rings (SSSR count). The van der Waals surface area contributed by atoms with Gasteiger partial charge in [-0.1, -0.05) is 0 Å². The van der Waals surface area contributed by atoms with Crippen molar-refractivity contribution in [2.75, 3.05) is 45.1 Å². The summed E-state index contributed by atoms with van der Waals surface area (Å²) in [6.07, 6.45) is 3.17. The fourth-order valence-corrected chi connectivity index (χ4v) is 4.45. The summed E-state index contributed by atoms with van der Waals surface area (Å²) in [7, 11) is 2.82. The fourth-order valence-electron chi connectivity index (χ4n) is 4.45. The molecule has 0 bridgehead atoms. The van der Waals surface area contributed by atoms with Gasteiger partial charge in [0.2, 0.25) is 0 Å². The van der Waals surface area contributed by atoms with Crippen molar-refractivity contribution in [2.24, 2.45) is 0 Å². The van der Waals surface area contributed by atoms with E-state index in [2.05, 4.69) is 15.3 Å². The molecule has 0 aliphatic carbocycles. The number of nitrogens with two attached hydrogens (primary N) is 1. The van der Waals surface area contributed by atoms with Crippen LogP contribution < -0.4 is 20.5 Å². The van der Waals surface area contributed by atoms with Crippen molar-refractivity contribution < 1.29 is 27.7 Å². The molecule has 3 N–H and O–H groups in total. The first kappa shape index (κ1) is 26.8. The van der Waals surface area contributed by atoms with E-state index >= 15 is 0 Å². The number of aryl methyl sites for hydroxylation is 1. The maximum absolute atomic E-state index is 14.5. The van der Waals surface area contributed by atoms with Crippen molar-refractivity contribution in [3.05, 3.63) is 47.3 Å². The first-order valence-corrected chi connectivity index (χ1v) is 12.3. The van der Waals surface area contributed by atoms with Gasteiger partial charge in [0.1, 0.15) is 24.9 Å². The van der Waals surface area contributed by atoms with Crippen LogP contribution in [0.25, 0.3) is 10.9 Å². The lowest BCUT2D eigenvalue weighted by Crippen LogP contribution is -2.25. The highest BCUT2D eigenvalue weighted by atomic mass is 19.3. The number of benzene rings is 2. The lowest BCUT2D eigenvalue weighted by Gasteiger charge is -2.23. The van der Waals surface area contributed by atoms with Crippen molar-refractivity contribution in [1.82, 2.24) is 9.97 Å². The normalized spacial score (nSPS) is 17.0. The van der Waals surface area contributed by atoms with Crippen LogP contribution >= 0.6 is 0 Å². The molecule has 1 aliphatic rings. The fraction of sp³-hybridized carbons (Fsp3) is 0.481. The van der Waals surface area contributed by atoms with Gasteiger partial charge in [0.05, 0.1) is 24.8 Å². The Balaban J connectivity index is 1.64. The Labute approximate surface area is 215 Å². The van der Waals surface area contributed by atoms with Crippen LogP contribution in [0.15, 0.2) is 30.3 Å². The van der Waals surface area contributed by atoms with Gasteiger partial charge in [-0.3, -0.25) is 0 Å². The van der Waals surface area contributed by atoms with Gasteiger partial charge in [-0.2, -0.15) is 8.78 Å². The van der Waals surface area contributed by atoms with Crippen molar-refractivity contribution in [2.45, 2.75) is 51.2 Å². The van der Waals surface area contributed by atoms with Crippen LogP contribution in [0.5, 0.6) is 11.5 Å². The summed E-state index contributed by atoms with van der Waals surface area (Å²) >= 11 is 0. The molecule has 1 aromatic heterocycles. The molecule has 200 valence electrons. The molecule has 8 nitrogen and oxygen atoms in total. The average molecular weight is 517 g/mol. The van der Waals surface area contributed by atoms with Crippen LogP contribution in [0.3, 0.4) is 0 Å². The average Bonchev–Trinajstić information content (AvgIpc) is 2.87. The second-order valence-corrected chi connectivity index (χ2v) is 9.33. The van der Waals surface area contributed by atoms with Crippen LogP contribution in [0.1, 0.15) is 49.2 Å². The Morgan fingerprint density at radius 2 is 1.95 bits per heavy atom. The smallest absolute Gasteiger partial charge is 0.296 e. The molecule has 37 heavy (non-hydrogen) atoms. The number of aromatic nitrogens is 2. The number of alkyl halides is 2. The number of methoxy groups -OCH3 is 2. The maximum atomic E-state index is 14.5. The van der Waals surface area contributed by atoms with Crippen LogP contribution in [0, 0.1) is 6.92 Å². The van der Waals surface area contributed by atoms with Crippen molar-refractivity contribution in [3.63, 3.8) is 0 Å². The minimum absolute atomic E-state index is 0.0370. The summed E-state index contributed by atoms with van der Waals surface area (Å²) in [6, 6.07) is 7.63. The first-order valence-electron chi connectivity index (χ1n) is 12.3. The highest BCUT2D eigenvalue weighted by molar-refractivity contribution is 5.92. The molecule has 2 heterocycles. The number of halogens is 2. The van der Waals surface area contributed by atoms with E-state index in [9.17, 15) is 8.78 Å². The van der Waals surface area contributed by atoms with Crippen molar-refractivity contribution in [3.8, 4) is 11.5 Å². The Kier molecular flexibility index (Phi) is 8.29. The number of nitrogens with one attached hydrogen (secondary N) is 1. The third-order valence-electron chi connectivity index (χ3n) is 6.37. The zero-order chi connectivity index (χ0) is 26.6. The molecule has 0 amide bonds. The molecule has 2 aromatic carbocycles. The quantitative estimate of drug-likeness (QED) is 0.346. The standard InChI is InChI=1S/C27H34F2N4O4/c1-16(18-9-19(11-20(30)10-18)27(28,29)15-34-3)31-26-22-12-25(37-14-21-7-5-6-8-36-21)24(35-4)13-23(22)32-17(2)33-26/h9-13,16,21H,5-8,14-15,30H2,1-4H3,(H,31,32,33)/t16-,21?/m1/s1. The molecule has 2 atom stereocenters. The lowest BCUT2D eigenvalue weighted by molar-refractivity contribution is -0.0698. The van der Waals surface area contributed by atoms with E-state index in [0.717, 1.165) is 25.9 Å². The Hall–Kier alpha value is -3.24. The van der Waals surface area contributed by atoms with Crippen molar-refractivity contribution in [1.29, 1.82) is 0 Å². The molecule has 1 fully saturated rings. The molecule has 3 aromatic rings. The van der Waals surface area contributed by atoms with E-state index in [1.807, 2.05) is 13.0 Å². The summed E-state index contributed by atoms with van der Waals surface area (Å²) in [6.45, 7) is 4.07. The second kappa shape index (κ2) is 11.4. The minimum atomic E-state index is -3.17. The molecule has 10 heteroatoms. The summed E-state index contributed by atoms with van der Waals surface area (Å²) < 4.78 is 51.2. The van der Waals surface area contributed by atoms with E-state index < -0.39 is 12.5 Å². The van der Waals surface area contributed by atoms with Crippen LogP contribution in [0.2, 0.25) is 0 Å². The van der Waals surface area contributed by atoms with Gasteiger partial charge >= 0.3 is 0 Å². The molecular formula is C27H34F2N4O4. The zero-order valence-corrected chi connectivity index (χ0v) is 21.6. The van der Waals surface area contributed by atoms with Crippen LogP contribution in [-0.2, 0) is 15.4 Å². The number of hydrogen-bond donors (Lipinski definition) is 2. The van der Waals surface area contributed by atoms with Gasteiger partial charge < -0.3 is 30.0 Å². The van der Waals surface area contributed by atoms with Crippen LogP contribution in [-0.4, -0.2) is 50.1 Å². The number of rotatable bonds is 10. The number of nitrogen functional groups attached to an aromatic ring is 1. The van der Waals surface area contributed by atoms with Crippen LogP contribution in [0.4, 0.5) is 20.3 Å². The molecule has 1 unspecified atom stereocenters. The predicted molar refractivity (Wildman–Crippen MR) is 139 cm³/mol. The van der Waals surface area contributed by atoms with E-state index in [0.29, 0.717) is 46.2 Å². The third kappa shape index (κ3) is 6.37. The highest BCUT2D eigenvalue weighted by Gasteiger charge is 2.32. The summed E-state index contributed by atoms with van der Waals surface area (Å²) in [5, 5.41) is 4.06. The summed E-state index contributed by atoms with van der Waals surface area (Å²) in [5.74, 6) is -0.960. The number of nitrogens with zero attached hydrogens (tertiary/aromatic N) is 2. The second-order valence-electron chi connectivity index (χ2n) is 9.33. The number of fused-ring (bicyclic) bond motifs is 1. The Morgan fingerprint density at radius 1 is 1.14 bits per heavy atom. The molecule has 0 saturated carbocycles. The Morgan fingerprint density at radius 3 is 2.65 bits per heavy atom.